The van der Waals surface area contributed by atoms with Gasteiger partial charge in [-0.3, -0.25) is 0 Å². The van der Waals surface area contributed by atoms with Crippen LogP contribution < -0.4 is 63.9 Å². The van der Waals surface area contributed by atoms with Crippen LogP contribution in [0.1, 0.15) is 16.7 Å². The molecule has 0 spiro atoms. The lowest BCUT2D eigenvalue weighted by atomic mass is 9.28. The summed E-state index contributed by atoms with van der Waals surface area (Å²) in [4.78, 5) is 7.89. The van der Waals surface area contributed by atoms with E-state index in [1.54, 1.807) is 0 Å². The second kappa shape index (κ2) is 17.0. The van der Waals surface area contributed by atoms with Crippen molar-refractivity contribution in [1.82, 2.24) is 4.57 Å². The molecule has 0 fully saturated rings. The van der Waals surface area contributed by atoms with Gasteiger partial charge in [0.15, 0.2) is 0 Å². The van der Waals surface area contributed by atoms with Crippen LogP contribution in [-0.2, 0) is 0 Å². The van der Waals surface area contributed by atoms with Gasteiger partial charge < -0.3 is 19.3 Å². The molecule has 12 aromatic carbocycles. The van der Waals surface area contributed by atoms with E-state index >= 15 is 0 Å². The summed E-state index contributed by atoms with van der Waals surface area (Å²) >= 11 is 0. The summed E-state index contributed by atoms with van der Waals surface area (Å²) in [6.45, 7) is 6.70. The molecule has 0 atom stereocenters. The molecule has 13 aromatic rings. The molecule has 0 aliphatic carbocycles. The van der Waals surface area contributed by atoms with Gasteiger partial charge in [0, 0.05) is 73.2 Å². The van der Waals surface area contributed by atoms with Crippen molar-refractivity contribution in [3.8, 4) is 27.9 Å². The van der Waals surface area contributed by atoms with Crippen molar-refractivity contribution in [2.75, 3.05) is 14.7 Å². The second-order valence-electron chi connectivity index (χ2n) is 23.3. The Kier molecular flexibility index (Phi) is 9.52. The van der Waals surface area contributed by atoms with Gasteiger partial charge >= 0.3 is 0 Å². The monoisotopic (exact) mass is 1040 g/mol. The lowest BCUT2D eigenvalue weighted by Gasteiger charge is -2.50. The Labute approximate surface area is 479 Å². The highest BCUT2D eigenvalue weighted by molar-refractivity contribution is 7.05. The zero-order valence-corrected chi connectivity index (χ0v) is 45.8. The van der Waals surface area contributed by atoms with Crippen LogP contribution in [0.2, 0.25) is 0 Å². The molecule has 0 bridgehead atoms. The highest BCUT2D eigenvalue weighted by atomic mass is 15.2. The Morgan fingerprint density at radius 2 is 0.744 bits per heavy atom. The summed E-state index contributed by atoms with van der Waals surface area (Å²) in [5.41, 5.74) is 35.3. The largest absolute Gasteiger partial charge is 0.312 e. The molecule has 82 heavy (non-hydrogen) atoms. The predicted octanol–water partition coefficient (Wildman–Crippen LogP) is 12.6. The topological polar surface area (TPSA) is 14.7 Å². The average molecular weight is 1040 g/mol. The lowest BCUT2D eigenvalue weighted by Crippen LogP contribution is -2.69. The molecule has 0 saturated heterocycles. The smallest absolute Gasteiger partial charge is 0.252 e. The van der Waals surface area contributed by atoms with Crippen LogP contribution >= 0.6 is 0 Å². The number of fused-ring (bicyclic) bond motifs is 15. The van der Waals surface area contributed by atoms with E-state index < -0.39 is 0 Å². The van der Waals surface area contributed by atoms with E-state index in [2.05, 4.69) is 295 Å². The number of aryl methyl sites for hydroxylation is 3. The van der Waals surface area contributed by atoms with Gasteiger partial charge in [0.2, 0.25) is 6.71 Å². The SMILES string of the molecule is Cc1cc(C)c(B2c3ccccc3N(c3ccccc3)c3cc4c(cc32)B2c3ccc(-c5ccccc5)cc3N3c5cc(-c6ccccc6)ccc5B5c6c(cc(c2c63)N4c2ccccc2)-n2c3ccccc3c3cccc5c32)c(C)c1. The van der Waals surface area contributed by atoms with Crippen LogP contribution in [-0.4, -0.2) is 24.7 Å². The van der Waals surface area contributed by atoms with Crippen LogP contribution in [0.25, 0.3) is 49.7 Å². The minimum absolute atomic E-state index is 0.0286. The van der Waals surface area contributed by atoms with E-state index in [-0.39, 0.29) is 20.1 Å². The van der Waals surface area contributed by atoms with E-state index in [0.29, 0.717) is 0 Å². The molecule has 5 aliphatic heterocycles. The summed E-state index contributed by atoms with van der Waals surface area (Å²) < 4.78 is 2.63. The Bertz CT molecular complexity index is 4860. The molecule has 380 valence electrons. The van der Waals surface area contributed by atoms with Gasteiger partial charge in [-0.05, 0) is 147 Å². The van der Waals surface area contributed by atoms with Crippen molar-refractivity contribution in [3.05, 3.63) is 271 Å². The van der Waals surface area contributed by atoms with Gasteiger partial charge in [0.1, 0.15) is 0 Å². The molecule has 4 nitrogen and oxygen atoms in total. The summed E-state index contributed by atoms with van der Waals surface area (Å²) in [5, 5.41) is 2.56. The third-order valence-corrected chi connectivity index (χ3v) is 18.9. The summed E-state index contributed by atoms with van der Waals surface area (Å²) in [6.07, 6.45) is 0. The average Bonchev–Trinajstić information content (AvgIpc) is 1.27. The normalized spacial score (nSPS) is 13.6. The molecule has 0 unspecified atom stereocenters. The van der Waals surface area contributed by atoms with E-state index in [4.69, 9.17) is 0 Å². The number of nitrogens with zero attached hydrogens (tertiary/aromatic N) is 4. The van der Waals surface area contributed by atoms with Crippen molar-refractivity contribution in [3.63, 3.8) is 0 Å². The molecule has 5 aliphatic rings. The first kappa shape index (κ1) is 45.9. The van der Waals surface area contributed by atoms with E-state index in [1.807, 2.05) is 0 Å². The first-order chi connectivity index (χ1) is 40.5. The molecular formula is C75H51B3N4. The fraction of sp³-hybridized carbons (Fsp3) is 0.0400. The highest BCUT2D eigenvalue weighted by Gasteiger charge is 2.52. The summed E-state index contributed by atoms with van der Waals surface area (Å²) in [6, 6.07) is 96.9. The molecule has 0 amide bonds. The van der Waals surface area contributed by atoms with Gasteiger partial charge in [0.05, 0.1) is 5.52 Å². The third kappa shape index (κ3) is 6.20. The van der Waals surface area contributed by atoms with Gasteiger partial charge in [-0.15, -0.1) is 0 Å². The van der Waals surface area contributed by atoms with E-state index in [9.17, 15) is 0 Å². The third-order valence-electron chi connectivity index (χ3n) is 18.9. The highest BCUT2D eigenvalue weighted by Crippen LogP contribution is 2.50. The number of rotatable bonds is 5. The maximum Gasteiger partial charge on any atom is 0.252 e. The molecule has 6 heterocycles. The fourth-order valence-corrected chi connectivity index (χ4v) is 15.8. The zero-order chi connectivity index (χ0) is 54.1. The standard InChI is InChI=1S/C75H51B3N4/c1-46-39-47(2)71(48(3)40-46)77-57-31-17-19-34-64(57)79(53-25-12-6-13-26-53)67-44-68-62(43-61(67)77)78-59-38-36-52(50-23-10-5-11-24-50)42-66(59)82-65-41-51(49-21-8-4-9-22-49)35-37-58(65)76-60-32-20-30-56-55-29-16-18-33-63(55)81(74(56)60)70-45-69(72(78)75(82)73(70)76)80(68)54-27-14-7-15-28-54/h4-45H,1-3H3. The Morgan fingerprint density at radius 1 is 0.280 bits per heavy atom. The number of hydrogen-bond donors (Lipinski definition) is 0. The van der Waals surface area contributed by atoms with Crippen LogP contribution in [0.5, 0.6) is 0 Å². The first-order valence-electron chi connectivity index (χ1n) is 28.9. The molecule has 7 heteroatoms. The minimum atomic E-state index is -0.132. The van der Waals surface area contributed by atoms with Crippen molar-refractivity contribution in [2.45, 2.75) is 20.8 Å². The van der Waals surface area contributed by atoms with Crippen LogP contribution in [0, 0.1) is 20.8 Å². The molecule has 0 N–H and O–H groups in total. The zero-order valence-electron chi connectivity index (χ0n) is 45.8. The Morgan fingerprint density at radius 3 is 1.38 bits per heavy atom. The van der Waals surface area contributed by atoms with Crippen LogP contribution in [0.4, 0.5) is 51.2 Å². The van der Waals surface area contributed by atoms with Crippen LogP contribution in [0.15, 0.2) is 255 Å². The van der Waals surface area contributed by atoms with Crippen molar-refractivity contribution >= 4 is 142 Å². The van der Waals surface area contributed by atoms with Gasteiger partial charge in [0.25, 0.3) is 13.4 Å². The maximum absolute atomic E-state index is 2.72. The van der Waals surface area contributed by atoms with Gasteiger partial charge in [-0.25, -0.2) is 0 Å². The maximum atomic E-state index is 2.72. The van der Waals surface area contributed by atoms with E-state index in [0.717, 1.165) is 11.4 Å². The number of hydrogen-bond acceptors (Lipinski definition) is 3. The van der Waals surface area contributed by atoms with Crippen LogP contribution in [0.3, 0.4) is 0 Å². The Balaban J connectivity index is 1.02. The minimum Gasteiger partial charge on any atom is -0.312 e. The fourth-order valence-electron chi connectivity index (χ4n) is 15.8. The Hall–Kier alpha value is -9.97. The van der Waals surface area contributed by atoms with Crippen molar-refractivity contribution in [2.24, 2.45) is 0 Å². The molecule has 18 rings (SSSR count). The molecular weight excluding hydrogens is 989 g/mol. The summed E-state index contributed by atoms with van der Waals surface area (Å²) in [7, 11) is 0. The molecule has 0 saturated carbocycles. The lowest BCUT2D eigenvalue weighted by molar-refractivity contribution is 1.17. The van der Waals surface area contributed by atoms with Crippen molar-refractivity contribution < 1.29 is 0 Å². The second-order valence-corrected chi connectivity index (χ2v) is 23.3. The number of benzene rings is 12. The first-order valence-corrected chi connectivity index (χ1v) is 28.9. The van der Waals surface area contributed by atoms with E-state index in [1.165, 1.54) is 155 Å². The summed E-state index contributed by atoms with van der Waals surface area (Å²) in [5.74, 6) is 0. The molecule has 1 aromatic heterocycles. The predicted molar refractivity (Wildman–Crippen MR) is 350 cm³/mol. The van der Waals surface area contributed by atoms with Gasteiger partial charge in [-0.1, -0.05) is 216 Å². The van der Waals surface area contributed by atoms with Crippen molar-refractivity contribution in [1.29, 1.82) is 0 Å². The van der Waals surface area contributed by atoms with Gasteiger partial charge in [-0.2, -0.15) is 0 Å². The number of aromatic nitrogens is 1. The quantitative estimate of drug-likeness (QED) is 0.160. The number of anilines is 9. The molecule has 0 radical (unpaired) electrons. The number of para-hydroxylation sites is 5.